The summed E-state index contributed by atoms with van der Waals surface area (Å²) in [6, 6.07) is 1.86. The summed E-state index contributed by atoms with van der Waals surface area (Å²) >= 11 is 6.03. The molecule has 1 rings (SSSR count). The molecule has 15 heavy (non-hydrogen) atoms. The van der Waals surface area contributed by atoms with Gasteiger partial charge in [0.15, 0.2) is 0 Å². The molecule has 3 nitrogen and oxygen atoms in total. The quantitative estimate of drug-likeness (QED) is 0.831. The first-order valence-corrected chi connectivity index (χ1v) is 5.45. The lowest BCUT2D eigenvalue weighted by Crippen LogP contribution is -2.47. The monoisotopic (exact) mass is 227 g/mol. The van der Waals surface area contributed by atoms with Crippen LogP contribution in [-0.4, -0.2) is 17.1 Å². The van der Waals surface area contributed by atoms with Crippen molar-refractivity contribution in [3.63, 3.8) is 0 Å². The Kier molecular flexibility index (Phi) is 3.94. The zero-order chi connectivity index (χ0) is 11.5. The van der Waals surface area contributed by atoms with Gasteiger partial charge in [0, 0.05) is 24.5 Å². The van der Waals surface area contributed by atoms with Gasteiger partial charge in [-0.1, -0.05) is 25.4 Å². The molecule has 4 heteroatoms. The van der Waals surface area contributed by atoms with E-state index in [1.165, 1.54) is 0 Å². The predicted molar refractivity (Wildman–Crippen MR) is 65.2 cm³/mol. The molecule has 1 aromatic heterocycles. The van der Waals surface area contributed by atoms with Crippen molar-refractivity contribution in [3.8, 4) is 0 Å². The maximum Gasteiger partial charge on any atom is 0.0820 e. The van der Waals surface area contributed by atoms with E-state index in [0.717, 1.165) is 5.69 Å². The van der Waals surface area contributed by atoms with Gasteiger partial charge in [-0.25, -0.2) is 0 Å². The number of nitrogens with two attached hydrogens (primary N) is 1. The third-order valence-electron chi connectivity index (χ3n) is 2.89. The van der Waals surface area contributed by atoms with Crippen LogP contribution >= 0.6 is 11.6 Å². The van der Waals surface area contributed by atoms with Crippen LogP contribution in [0.1, 0.15) is 20.8 Å². The first-order valence-electron chi connectivity index (χ1n) is 5.07. The van der Waals surface area contributed by atoms with E-state index in [1.54, 1.807) is 12.4 Å². The number of nitrogens with zero attached hydrogens (tertiary/aromatic N) is 1. The van der Waals surface area contributed by atoms with Crippen molar-refractivity contribution in [1.82, 2.24) is 4.98 Å². The molecule has 1 atom stereocenters. The normalized spacial score (nSPS) is 15.1. The van der Waals surface area contributed by atoms with Crippen LogP contribution in [0.15, 0.2) is 18.5 Å². The minimum atomic E-state index is -0.148. The van der Waals surface area contributed by atoms with Crippen molar-refractivity contribution in [2.75, 3.05) is 11.9 Å². The lowest BCUT2D eigenvalue weighted by molar-refractivity contribution is 0.382. The highest BCUT2D eigenvalue weighted by atomic mass is 35.5. The fourth-order valence-corrected chi connectivity index (χ4v) is 1.38. The molecule has 0 fully saturated rings. The lowest BCUT2D eigenvalue weighted by atomic mass is 9.88. The zero-order valence-electron chi connectivity index (χ0n) is 9.42. The lowest BCUT2D eigenvalue weighted by Gasteiger charge is -2.34. The van der Waals surface area contributed by atoms with Crippen molar-refractivity contribution in [3.05, 3.63) is 23.5 Å². The van der Waals surface area contributed by atoms with Crippen LogP contribution in [-0.2, 0) is 0 Å². The third kappa shape index (κ3) is 2.83. The number of rotatable bonds is 4. The number of hydrogen-bond acceptors (Lipinski definition) is 3. The van der Waals surface area contributed by atoms with Crippen molar-refractivity contribution < 1.29 is 0 Å². The number of halogens is 1. The topological polar surface area (TPSA) is 50.9 Å². The standard InChI is InChI=1S/C11H18ClN3/c1-8(2)11(3,7-13)15-10-4-5-14-6-9(10)12/h4-6,8H,7,13H2,1-3H3,(H,14,15). The van der Waals surface area contributed by atoms with Crippen LogP contribution in [0.4, 0.5) is 5.69 Å². The molecule has 0 aliphatic rings. The van der Waals surface area contributed by atoms with Gasteiger partial charge in [0.05, 0.1) is 10.7 Å². The minimum Gasteiger partial charge on any atom is -0.377 e. The van der Waals surface area contributed by atoms with Crippen molar-refractivity contribution in [2.24, 2.45) is 11.7 Å². The first-order chi connectivity index (χ1) is 6.99. The second kappa shape index (κ2) is 4.81. The Hall–Kier alpha value is -0.800. The second-order valence-electron chi connectivity index (χ2n) is 4.26. The van der Waals surface area contributed by atoms with Gasteiger partial charge in [-0.05, 0) is 18.9 Å². The molecule has 0 saturated heterocycles. The van der Waals surface area contributed by atoms with Gasteiger partial charge in [-0.15, -0.1) is 0 Å². The summed E-state index contributed by atoms with van der Waals surface area (Å²) in [5.74, 6) is 0.423. The van der Waals surface area contributed by atoms with Crippen LogP contribution in [0.25, 0.3) is 0 Å². The molecule has 0 radical (unpaired) electrons. The predicted octanol–water partition coefficient (Wildman–Crippen LogP) is 2.52. The molecule has 0 bridgehead atoms. The van der Waals surface area contributed by atoms with E-state index in [4.69, 9.17) is 17.3 Å². The van der Waals surface area contributed by atoms with Gasteiger partial charge in [0.1, 0.15) is 0 Å². The molecule has 0 aromatic carbocycles. The van der Waals surface area contributed by atoms with Crippen LogP contribution in [0, 0.1) is 5.92 Å². The second-order valence-corrected chi connectivity index (χ2v) is 4.66. The van der Waals surface area contributed by atoms with Crippen molar-refractivity contribution >= 4 is 17.3 Å². The van der Waals surface area contributed by atoms with Crippen molar-refractivity contribution in [1.29, 1.82) is 0 Å². The largest absolute Gasteiger partial charge is 0.377 e. The maximum absolute atomic E-state index is 6.03. The SMILES string of the molecule is CC(C)C(C)(CN)Nc1ccncc1Cl. The summed E-state index contributed by atoms with van der Waals surface area (Å²) in [6.45, 7) is 6.92. The van der Waals surface area contributed by atoms with E-state index < -0.39 is 0 Å². The van der Waals surface area contributed by atoms with Gasteiger partial charge >= 0.3 is 0 Å². The Morgan fingerprint density at radius 1 is 1.60 bits per heavy atom. The third-order valence-corrected chi connectivity index (χ3v) is 3.19. The summed E-state index contributed by atoms with van der Waals surface area (Å²) in [6.07, 6.45) is 3.34. The van der Waals surface area contributed by atoms with E-state index in [9.17, 15) is 0 Å². The Morgan fingerprint density at radius 3 is 2.73 bits per heavy atom. The van der Waals surface area contributed by atoms with E-state index in [1.807, 2.05) is 6.07 Å². The molecule has 0 amide bonds. The molecule has 84 valence electrons. The van der Waals surface area contributed by atoms with Crippen LogP contribution in [0.2, 0.25) is 5.02 Å². The molecule has 1 unspecified atom stereocenters. The van der Waals surface area contributed by atoms with Gasteiger partial charge in [-0.2, -0.15) is 0 Å². The fourth-order valence-electron chi connectivity index (χ4n) is 1.22. The van der Waals surface area contributed by atoms with Crippen molar-refractivity contribution in [2.45, 2.75) is 26.3 Å². The Morgan fingerprint density at radius 2 is 2.27 bits per heavy atom. The number of aromatic nitrogens is 1. The molecule has 1 aromatic rings. The smallest absolute Gasteiger partial charge is 0.0820 e. The molecule has 0 aliphatic heterocycles. The molecular weight excluding hydrogens is 210 g/mol. The van der Waals surface area contributed by atoms with E-state index >= 15 is 0 Å². The summed E-state index contributed by atoms with van der Waals surface area (Å²) in [7, 11) is 0. The number of pyridine rings is 1. The number of hydrogen-bond donors (Lipinski definition) is 2. The Balaban J connectivity index is 2.89. The maximum atomic E-state index is 6.03. The molecule has 0 aliphatic carbocycles. The number of anilines is 1. The van der Waals surface area contributed by atoms with E-state index in [-0.39, 0.29) is 5.54 Å². The number of nitrogens with one attached hydrogen (secondary N) is 1. The average molecular weight is 228 g/mol. The highest BCUT2D eigenvalue weighted by molar-refractivity contribution is 6.33. The molecule has 0 saturated carbocycles. The fraction of sp³-hybridized carbons (Fsp3) is 0.545. The highest BCUT2D eigenvalue weighted by Gasteiger charge is 2.26. The highest BCUT2D eigenvalue weighted by Crippen LogP contribution is 2.26. The van der Waals surface area contributed by atoms with Crippen LogP contribution in [0.3, 0.4) is 0 Å². The van der Waals surface area contributed by atoms with E-state index in [2.05, 4.69) is 31.1 Å². The van der Waals surface area contributed by atoms with Crippen LogP contribution in [0.5, 0.6) is 0 Å². The molecule has 0 spiro atoms. The zero-order valence-corrected chi connectivity index (χ0v) is 10.2. The Bertz CT molecular complexity index is 327. The molecular formula is C11H18ClN3. The van der Waals surface area contributed by atoms with Gasteiger partial charge in [-0.3, -0.25) is 4.98 Å². The first kappa shape index (κ1) is 12.3. The minimum absolute atomic E-state index is 0.148. The Labute approximate surface area is 96.0 Å². The summed E-state index contributed by atoms with van der Waals surface area (Å²) in [5, 5.41) is 4.00. The van der Waals surface area contributed by atoms with E-state index in [0.29, 0.717) is 17.5 Å². The molecule has 3 N–H and O–H groups in total. The summed E-state index contributed by atoms with van der Waals surface area (Å²) in [4.78, 5) is 3.94. The summed E-state index contributed by atoms with van der Waals surface area (Å²) < 4.78 is 0. The van der Waals surface area contributed by atoms with Gasteiger partial charge in [0.25, 0.3) is 0 Å². The summed E-state index contributed by atoms with van der Waals surface area (Å²) in [5.41, 5.74) is 6.52. The molecule has 1 heterocycles. The average Bonchev–Trinajstić information content (AvgIpc) is 2.21. The van der Waals surface area contributed by atoms with Gasteiger partial charge < -0.3 is 11.1 Å². The van der Waals surface area contributed by atoms with Gasteiger partial charge in [0.2, 0.25) is 0 Å². The van der Waals surface area contributed by atoms with Crippen LogP contribution < -0.4 is 11.1 Å².